The van der Waals surface area contributed by atoms with Crippen LogP contribution < -0.4 is 11.6 Å². The molecule has 0 aliphatic heterocycles. The van der Waals surface area contributed by atoms with Crippen molar-refractivity contribution >= 4 is 5.84 Å². The summed E-state index contributed by atoms with van der Waals surface area (Å²) in [7, 11) is 0. The molecule has 0 fully saturated rings. The average molecular weight is 151 g/mol. The lowest BCUT2D eigenvalue weighted by molar-refractivity contribution is 0.475. The quantitative estimate of drug-likeness (QED) is 0.228. The lowest BCUT2D eigenvalue weighted by atomic mass is 10.2. The van der Waals surface area contributed by atoms with Gasteiger partial charge in [-0.05, 0) is 12.1 Å². The highest BCUT2D eigenvalue weighted by Crippen LogP contribution is 2.09. The minimum absolute atomic E-state index is 0.147. The van der Waals surface area contributed by atoms with Gasteiger partial charge >= 0.3 is 0 Å². The summed E-state index contributed by atoms with van der Waals surface area (Å²) in [5.74, 6) is 5.29. The van der Waals surface area contributed by atoms with E-state index in [1.165, 1.54) is 6.07 Å². The van der Waals surface area contributed by atoms with Gasteiger partial charge in [-0.15, -0.1) is 0 Å². The van der Waals surface area contributed by atoms with Crippen molar-refractivity contribution in [2.24, 2.45) is 16.7 Å². The van der Waals surface area contributed by atoms with Gasteiger partial charge in [0.05, 0.1) is 0 Å². The highest BCUT2D eigenvalue weighted by Gasteiger charge is 1.96. The number of aromatic hydroxyl groups is 1. The third-order valence-corrected chi connectivity index (χ3v) is 1.28. The number of phenols is 1. The van der Waals surface area contributed by atoms with E-state index in [0.29, 0.717) is 5.56 Å². The summed E-state index contributed by atoms with van der Waals surface area (Å²) in [4.78, 5) is 0. The zero-order valence-electron chi connectivity index (χ0n) is 5.86. The van der Waals surface area contributed by atoms with E-state index < -0.39 is 0 Å². The molecule has 11 heavy (non-hydrogen) atoms. The molecule has 0 atom stereocenters. The Balaban J connectivity index is 3.06. The Labute approximate surface area is 64.1 Å². The largest absolute Gasteiger partial charge is 0.508 e. The number of hydrazone groups is 1. The molecule has 0 saturated heterocycles. The zero-order valence-corrected chi connectivity index (χ0v) is 5.86. The number of hydrogen-bond donors (Lipinski definition) is 3. The van der Waals surface area contributed by atoms with Crippen LogP contribution in [0.15, 0.2) is 29.4 Å². The minimum Gasteiger partial charge on any atom is -0.508 e. The Bertz CT molecular complexity index is 283. The number of benzene rings is 1. The van der Waals surface area contributed by atoms with Crippen molar-refractivity contribution in [3.05, 3.63) is 29.8 Å². The lowest BCUT2D eigenvalue weighted by Gasteiger charge is -1.98. The van der Waals surface area contributed by atoms with Gasteiger partial charge in [0.1, 0.15) is 11.6 Å². The van der Waals surface area contributed by atoms with E-state index in [1.54, 1.807) is 18.2 Å². The molecule has 0 aliphatic carbocycles. The predicted octanol–water partition coefficient (Wildman–Crippen LogP) is -0.0288. The summed E-state index contributed by atoms with van der Waals surface area (Å²) in [6.45, 7) is 0. The third-order valence-electron chi connectivity index (χ3n) is 1.28. The van der Waals surface area contributed by atoms with Gasteiger partial charge in [0.2, 0.25) is 0 Å². The molecule has 4 nitrogen and oxygen atoms in total. The van der Waals surface area contributed by atoms with Crippen LogP contribution in [0, 0.1) is 0 Å². The van der Waals surface area contributed by atoms with Crippen LogP contribution in [0.1, 0.15) is 5.56 Å². The van der Waals surface area contributed by atoms with Crippen LogP contribution in [0.4, 0.5) is 0 Å². The summed E-state index contributed by atoms with van der Waals surface area (Å²) in [5.41, 5.74) is 6.00. The Kier molecular flexibility index (Phi) is 1.96. The van der Waals surface area contributed by atoms with Gasteiger partial charge < -0.3 is 16.7 Å². The molecular weight excluding hydrogens is 142 g/mol. The van der Waals surface area contributed by atoms with E-state index in [-0.39, 0.29) is 11.6 Å². The first-order chi connectivity index (χ1) is 5.24. The number of nitrogens with zero attached hydrogens (tertiary/aromatic N) is 1. The first-order valence-corrected chi connectivity index (χ1v) is 3.07. The highest BCUT2D eigenvalue weighted by atomic mass is 16.3. The summed E-state index contributed by atoms with van der Waals surface area (Å²) in [5, 5.41) is 12.3. The van der Waals surface area contributed by atoms with E-state index >= 15 is 0 Å². The number of nitrogens with two attached hydrogens (primary N) is 2. The van der Waals surface area contributed by atoms with Crippen LogP contribution in [0.25, 0.3) is 0 Å². The molecule has 0 amide bonds. The van der Waals surface area contributed by atoms with Gasteiger partial charge in [0, 0.05) is 5.56 Å². The van der Waals surface area contributed by atoms with E-state index in [2.05, 4.69) is 5.10 Å². The topological polar surface area (TPSA) is 84.6 Å². The van der Waals surface area contributed by atoms with Gasteiger partial charge in [-0.1, -0.05) is 12.1 Å². The predicted molar refractivity (Wildman–Crippen MR) is 43.0 cm³/mol. The Hall–Kier alpha value is -1.71. The van der Waals surface area contributed by atoms with Crippen molar-refractivity contribution in [1.82, 2.24) is 0 Å². The maximum Gasteiger partial charge on any atom is 0.150 e. The second-order valence-electron chi connectivity index (χ2n) is 2.06. The fraction of sp³-hybridized carbons (Fsp3) is 0. The van der Waals surface area contributed by atoms with Crippen LogP contribution in [0.2, 0.25) is 0 Å². The zero-order chi connectivity index (χ0) is 8.27. The summed E-state index contributed by atoms with van der Waals surface area (Å²) in [6.07, 6.45) is 0. The Morgan fingerprint density at radius 3 is 2.73 bits per heavy atom. The third kappa shape index (κ3) is 1.61. The molecule has 0 aromatic heterocycles. The Morgan fingerprint density at radius 2 is 2.18 bits per heavy atom. The first-order valence-electron chi connectivity index (χ1n) is 3.07. The first kappa shape index (κ1) is 7.40. The molecule has 0 bridgehead atoms. The fourth-order valence-electron chi connectivity index (χ4n) is 0.740. The highest BCUT2D eigenvalue weighted by molar-refractivity contribution is 5.97. The van der Waals surface area contributed by atoms with Crippen molar-refractivity contribution < 1.29 is 5.11 Å². The molecule has 4 heteroatoms. The van der Waals surface area contributed by atoms with E-state index in [4.69, 9.17) is 16.7 Å². The molecule has 0 heterocycles. The minimum atomic E-state index is 0.147. The second-order valence-corrected chi connectivity index (χ2v) is 2.06. The SMILES string of the molecule is N/N=C(/N)c1cccc(O)c1. The van der Waals surface area contributed by atoms with Gasteiger partial charge in [0.25, 0.3) is 0 Å². The van der Waals surface area contributed by atoms with Crippen LogP contribution in [0.5, 0.6) is 5.75 Å². The van der Waals surface area contributed by atoms with Crippen molar-refractivity contribution in [3.63, 3.8) is 0 Å². The Morgan fingerprint density at radius 1 is 1.45 bits per heavy atom. The number of hydrogen-bond acceptors (Lipinski definition) is 3. The van der Waals surface area contributed by atoms with Crippen LogP contribution in [-0.4, -0.2) is 10.9 Å². The summed E-state index contributed by atoms with van der Waals surface area (Å²) in [6, 6.07) is 6.42. The van der Waals surface area contributed by atoms with Crippen LogP contribution in [-0.2, 0) is 0 Å². The van der Waals surface area contributed by atoms with E-state index in [0.717, 1.165) is 0 Å². The molecule has 58 valence electrons. The smallest absolute Gasteiger partial charge is 0.150 e. The molecule has 0 saturated carbocycles. The fourth-order valence-corrected chi connectivity index (χ4v) is 0.740. The monoisotopic (exact) mass is 151 g/mol. The normalized spacial score (nSPS) is 11.5. The summed E-state index contributed by atoms with van der Waals surface area (Å²) < 4.78 is 0. The molecule has 0 unspecified atom stereocenters. The lowest BCUT2D eigenvalue weighted by Crippen LogP contribution is -2.14. The number of rotatable bonds is 1. The number of amidine groups is 1. The van der Waals surface area contributed by atoms with Crippen LogP contribution >= 0.6 is 0 Å². The van der Waals surface area contributed by atoms with Crippen LogP contribution in [0.3, 0.4) is 0 Å². The second kappa shape index (κ2) is 2.92. The molecule has 0 spiro atoms. The van der Waals surface area contributed by atoms with Gasteiger partial charge in [-0.25, -0.2) is 0 Å². The van der Waals surface area contributed by atoms with Crippen molar-refractivity contribution in [3.8, 4) is 5.75 Å². The maximum absolute atomic E-state index is 9.01. The van der Waals surface area contributed by atoms with Gasteiger partial charge in [0.15, 0.2) is 0 Å². The maximum atomic E-state index is 9.01. The molecule has 1 aromatic rings. The standard InChI is InChI=1S/C7H9N3O/c8-7(10-9)5-2-1-3-6(11)4-5/h1-4,11H,9H2,(H2,8,10). The van der Waals surface area contributed by atoms with Crippen molar-refractivity contribution in [2.75, 3.05) is 0 Å². The van der Waals surface area contributed by atoms with Gasteiger partial charge in [-0.2, -0.15) is 5.10 Å². The molecule has 1 aromatic carbocycles. The van der Waals surface area contributed by atoms with Crippen molar-refractivity contribution in [2.45, 2.75) is 0 Å². The molecular formula is C7H9N3O. The van der Waals surface area contributed by atoms with Gasteiger partial charge in [-0.3, -0.25) is 0 Å². The van der Waals surface area contributed by atoms with E-state index in [9.17, 15) is 0 Å². The molecule has 0 aliphatic rings. The number of phenolic OH excluding ortho intramolecular Hbond substituents is 1. The molecule has 0 radical (unpaired) electrons. The molecule has 1 rings (SSSR count). The van der Waals surface area contributed by atoms with Crippen molar-refractivity contribution in [1.29, 1.82) is 0 Å². The van der Waals surface area contributed by atoms with E-state index in [1.807, 2.05) is 0 Å². The summed E-state index contributed by atoms with van der Waals surface area (Å²) >= 11 is 0. The molecule has 5 N–H and O–H groups in total. The average Bonchev–Trinajstić information content (AvgIpc) is 2.03.